The van der Waals surface area contributed by atoms with Gasteiger partial charge in [0.2, 0.25) is 0 Å². The number of hydrogen-bond acceptors (Lipinski definition) is 2. The number of benzene rings is 1. The quantitative estimate of drug-likeness (QED) is 0.898. The summed E-state index contributed by atoms with van der Waals surface area (Å²) < 4.78 is 2.07. The van der Waals surface area contributed by atoms with Crippen LogP contribution in [0.1, 0.15) is 31.2 Å². The van der Waals surface area contributed by atoms with Crippen LogP contribution in [0.5, 0.6) is 0 Å². The fraction of sp³-hybridized carbons (Fsp3) is 0.533. The van der Waals surface area contributed by atoms with Crippen LogP contribution in [0.3, 0.4) is 0 Å². The number of nitrogens with zero attached hydrogens (tertiary/aromatic N) is 2. The Kier molecular flexibility index (Phi) is 3.33. The maximum atomic E-state index is 4.42. The third kappa shape index (κ3) is 2.41. The maximum absolute atomic E-state index is 4.42. The first-order valence-corrected chi connectivity index (χ1v) is 6.96. The van der Waals surface area contributed by atoms with Gasteiger partial charge in [0.05, 0.1) is 17.4 Å². The molecule has 1 aliphatic rings. The summed E-state index contributed by atoms with van der Waals surface area (Å²) in [6, 6.07) is 7.38. The molecule has 1 aromatic heterocycles. The van der Waals surface area contributed by atoms with Crippen LogP contribution in [-0.2, 0) is 13.5 Å². The zero-order valence-corrected chi connectivity index (χ0v) is 11.0. The number of hydrogen-bond donors (Lipinski definition) is 1. The molecule has 0 amide bonds. The van der Waals surface area contributed by atoms with E-state index in [0.717, 1.165) is 18.0 Å². The molecule has 96 valence electrons. The summed E-state index contributed by atoms with van der Waals surface area (Å²) in [6.45, 7) is 1.20. The maximum Gasteiger partial charge on any atom is 0.0955 e. The van der Waals surface area contributed by atoms with Gasteiger partial charge >= 0.3 is 0 Å². The molecule has 0 bridgehead atoms. The molecule has 3 nitrogen and oxygen atoms in total. The molecule has 3 rings (SSSR count). The topological polar surface area (TPSA) is 29.9 Å². The summed E-state index contributed by atoms with van der Waals surface area (Å²) in [5.74, 6) is 0. The van der Waals surface area contributed by atoms with Gasteiger partial charge in [0.15, 0.2) is 0 Å². The van der Waals surface area contributed by atoms with E-state index in [0.29, 0.717) is 0 Å². The molecule has 1 atom stereocenters. The lowest BCUT2D eigenvalue weighted by Gasteiger charge is -2.23. The number of fused-ring (bicyclic) bond motifs is 1. The lowest BCUT2D eigenvalue weighted by molar-refractivity contribution is 0.383. The van der Waals surface area contributed by atoms with E-state index in [1.807, 2.05) is 13.4 Å². The lowest BCUT2D eigenvalue weighted by Crippen LogP contribution is -2.34. The van der Waals surface area contributed by atoms with Gasteiger partial charge in [-0.15, -0.1) is 0 Å². The summed E-state index contributed by atoms with van der Waals surface area (Å²) in [4.78, 5) is 4.42. The molecule has 18 heavy (non-hydrogen) atoms. The second-order valence-corrected chi connectivity index (χ2v) is 5.36. The normalized spacial score (nSPS) is 20.4. The highest BCUT2D eigenvalue weighted by atomic mass is 15.0. The van der Waals surface area contributed by atoms with Gasteiger partial charge < -0.3 is 9.88 Å². The molecule has 0 saturated carbocycles. The van der Waals surface area contributed by atoms with Crippen molar-refractivity contribution in [1.82, 2.24) is 14.9 Å². The highest BCUT2D eigenvalue weighted by Gasteiger charge is 2.12. The highest BCUT2D eigenvalue weighted by molar-refractivity contribution is 5.75. The van der Waals surface area contributed by atoms with Crippen molar-refractivity contribution in [2.24, 2.45) is 7.05 Å². The van der Waals surface area contributed by atoms with Gasteiger partial charge in [0, 0.05) is 13.1 Å². The van der Waals surface area contributed by atoms with E-state index in [4.69, 9.17) is 0 Å². The molecule has 1 aliphatic heterocycles. The van der Waals surface area contributed by atoms with Gasteiger partial charge in [-0.2, -0.15) is 0 Å². The Bertz CT molecular complexity index is 524. The average molecular weight is 243 g/mol. The fourth-order valence-corrected chi connectivity index (χ4v) is 2.85. The van der Waals surface area contributed by atoms with Crippen LogP contribution in [0.2, 0.25) is 0 Å². The number of piperidine rings is 1. The largest absolute Gasteiger partial charge is 0.334 e. The number of aromatic nitrogens is 2. The van der Waals surface area contributed by atoms with Crippen LogP contribution in [0.4, 0.5) is 0 Å². The van der Waals surface area contributed by atoms with Gasteiger partial charge in [-0.3, -0.25) is 0 Å². The van der Waals surface area contributed by atoms with Crippen molar-refractivity contribution in [3.05, 3.63) is 30.1 Å². The highest BCUT2D eigenvalue weighted by Crippen LogP contribution is 2.17. The number of nitrogens with one attached hydrogen (secondary N) is 1. The van der Waals surface area contributed by atoms with Gasteiger partial charge in [0.1, 0.15) is 0 Å². The van der Waals surface area contributed by atoms with Crippen molar-refractivity contribution in [1.29, 1.82) is 0 Å². The van der Waals surface area contributed by atoms with E-state index in [2.05, 4.69) is 33.1 Å². The molecule has 2 heterocycles. The smallest absolute Gasteiger partial charge is 0.0955 e. The fourth-order valence-electron chi connectivity index (χ4n) is 2.85. The zero-order valence-electron chi connectivity index (χ0n) is 11.0. The molecular formula is C15H21N3. The number of rotatable bonds is 3. The Morgan fingerprint density at radius 3 is 3.17 bits per heavy atom. The van der Waals surface area contributed by atoms with Gasteiger partial charge in [-0.05, 0) is 49.9 Å². The van der Waals surface area contributed by atoms with Gasteiger partial charge in [-0.25, -0.2) is 4.98 Å². The van der Waals surface area contributed by atoms with Crippen LogP contribution in [0, 0.1) is 0 Å². The number of imidazole rings is 1. The minimum Gasteiger partial charge on any atom is -0.334 e. The SMILES string of the molecule is Cn1cnc2cc(CCC3CCCCN3)ccc21. The minimum atomic E-state index is 0.721. The van der Waals surface area contributed by atoms with Crippen molar-refractivity contribution < 1.29 is 0 Å². The molecular weight excluding hydrogens is 222 g/mol. The van der Waals surface area contributed by atoms with Crippen molar-refractivity contribution >= 4 is 11.0 Å². The summed E-state index contributed by atoms with van der Waals surface area (Å²) in [7, 11) is 2.04. The molecule has 1 unspecified atom stereocenters. The van der Waals surface area contributed by atoms with Crippen molar-refractivity contribution in [3.8, 4) is 0 Å². The predicted octanol–water partition coefficient (Wildman–Crippen LogP) is 2.65. The summed E-state index contributed by atoms with van der Waals surface area (Å²) >= 11 is 0. The molecule has 1 saturated heterocycles. The molecule has 1 fully saturated rings. The third-order valence-corrected chi connectivity index (χ3v) is 3.98. The molecule has 3 heteroatoms. The molecule has 0 spiro atoms. The Balaban J connectivity index is 1.66. The first kappa shape index (κ1) is 11.7. The standard InChI is InChI=1S/C15H21N3/c1-18-11-17-14-10-12(6-8-15(14)18)5-7-13-4-2-3-9-16-13/h6,8,10-11,13,16H,2-5,7,9H2,1H3. The molecule has 1 N–H and O–H groups in total. The van der Waals surface area contributed by atoms with Crippen molar-refractivity contribution in [2.75, 3.05) is 6.54 Å². The van der Waals surface area contributed by atoms with E-state index < -0.39 is 0 Å². The second kappa shape index (κ2) is 5.11. The molecule has 0 radical (unpaired) electrons. The van der Waals surface area contributed by atoms with Crippen LogP contribution in [0.25, 0.3) is 11.0 Å². The molecule has 2 aromatic rings. The Labute approximate surface area is 108 Å². The van der Waals surface area contributed by atoms with Crippen LogP contribution in [0.15, 0.2) is 24.5 Å². The van der Waals surface area contributed by atoms with E-state index in [-0.39, 0.29) is 0 Å². The van der Waals surface area contributed by atoms with Crippen molar-refractivity contribution in [3.63, 3.8) is 0 Å². The van der Waals surface area contributed by atoms with E-state index in [1.165, 1.54) is 43.3 Å². The summed E-state index contributed by atoms with van der Waals surface area (Å²) in [6.07, 6.45) is 8.36. The predicted molar refractivity (Wildman–Crippen MR) is 74.7 cm³/mol. The second-order valence-electron chi connectivity index (χ2n) is 5.36. The van der Waals surface area contributed by atoms with Crippen LogP contribution in [-0.4, -0.2) is 22.1 Å². The zero-order chi connectivity index (χ0) is 12.4. The lowest BCUT2D eigenvalue weighted by atomic mass is 9.98. The monoisotopic (exact) mass is 243 g/mol. The van der Waals surface area contributed by atoms with E-state index in [1.54, 1.807) is 0 Å². The van der Waals surface area contributed by atoms with Gasteiger partial charge in [-0.1, -0.05) is 12.5 Å². The molecule has 0 aliphatic carbocycles. The Hall–Kier alpha value is -1.35. The summed E-state index contributed by atoms with van der Waals surface area (Å²) in [5, 5.41) is 3.61. The van der Waals surface area contributed by atoms with Crippen LogP contribution < -0.4 is 5.32 Å². The van der Waals surface area contributed by atoms with E-state index in [9.17, 15) is 0 Å². The average Bonchev–Trinajstić information content (AvgIpc) is 2.79. The minimum absolute atomic E-state index is 0.721. The van der Waals surface area contributed by atoms with Crippen LogP contribution >= 0.6 is 0 Å². The Morgan fingerprint density at radius 2 is 2.33 bits per heavy atom. The third-order valence-electron chi connectivity index (χ3n) is 3.98. The molecule has 1 aromatic carbocycles. The van der Waals surface area contributed by atoms with E-state index >= 15 is 0 Å². The van der Waals surface area contributed by atoms with Crippen molar-refractivity contribution in [2.45, 2.75) is 38.1 Å². The first-order chi connectivity index (χ1) is 8.83. The number of aryl methyl sites for hydroxylation is 2. The van der Waals surface area contributed by atoms with Gasteiger partial charge in [0.25, 0.3) is 0 Å². The first-order valence-electron chi connectivity index (χ1n) is 6.96. The summed E-state index contributed by atoms with van der Waals surface area (Å²) in [5.41, 5.74) is 3.75. The Morgan fingerprint density at radius 1 is 1.39 bits per heavy atom.